The summed E-state index contributed by atoms with van der Waals surface area (Å²) in [6.45, 7) is 11.3. The van der Waals surface area contributed by atoms with E-state index in [9.17, 15) is 4.79 Å². The lowest BCUT2D eigenvalue weighted by molar-refractivity contribution is -0.132. The van der Waals surface area contributed by atoms with Crippen LogP contribution in [0.4, 0.5) is 0 Å². The monoisotopic (exact) mass is 344 g/mol. The molecule has 0 radical (unpaired) electrons. The van der Waals surface area contributed by atoms with Crippen molar-refractivity contribution in [2.75, 3.05) is 0 Å². The lowest BCUT2D eigenvalue weighted by Gasteiger charge is -2.57. The first kappa shape index (κ1) is 17.8. The first-order chi connectivity index (χ1) is 11.6. The van der Waals surface area contributed by atoms with Crippen LogP contribution in [0.3, 0.4) is 0 Å². The fraction of sp³-hybridized carbons (Fsp3) is 0.870. The first-order valence-corrected chi connectivity index (χ1v) is 10.5. The molecule has 4 aliphatic rings. The molecule has 6 atom stereocenters. The van der Waals surface area contributed by atoms with Gasteiger partial charge in [-0.25, -0.2) is 0 Å². The molecule has 25 heavy (non-hydrogen) atoms. The summed E-state index contributed by atoms with van der Waals surface area (Å²) in [4.78, 5) is 12.5. The number of carbonyl (C=O) groups is 1. The Labute approximate surface area is 153 Å². The van der Waals surface area contributed by atoms with Gasteiger partial charge in [0.1, 0.15) is 5.78 Å². The number of hydrogen-bond acceptors (Lipinski definition) is 2. The average molecular weight is 345 g/mol. The van der Waals surface area contributed by atoms with E-state index in [0.29, 0.717) is 23.2 Å². The number of Topliss-reactive ketones (excluding diaryl/α,β-unsaturated/α-hetero) is 1. The largest absolute Gasteiger partial charge is 0.372 e. The smallest absolute Gasteiger partial charge is 0.139 e. The molecule has 0 aromatic carbocycles. The van der Waals surface area contributed by atoms with Crippen LogP contribution in [0.2, 0.25) is 0 Å². The number of ether oxygens (including phenoxy) is 1. The van der Waals surface area contributed by atoms with Gasteiger partial charge >= 0.3 is 0 Å². The summed E-state index contributed by atoms with van der Waals surface area (Å²) in [5, 5.41) is 0. The summed E-state index contributed by atoms with van der Waals surface area (Å²) in [7, 11) is 0. The van der Waals surface area contributed by atoms with Crippen LogP contribution in [0.25, 0.3) is 0 Å². The van der Waals surface area contributed by atoms with E-state index in [1.807, 2.05) is 0 Å². The summed E-state index contributed by atoms with van der Waals surface area (Å²) >= 11 is 0. The van der Waals surface area contributed by atoms with E-state index in [1.54, 1.807) is 5.57 Å². The van der Waals surface area contributed by atoms with E-state index in [1.165, 1.54) is 25.7 Å². The predicted molar refractivity (Wildman–Crippen MR) is 101 cm³/mol. The minimum Gasteiger partial charge on any atom is -0.372 e. The van der Waals surface area contributed by atoms with Crippen molar-refractivity contribution < 1.29 is 9.53 Å². The second-order valence-electron chi connectivity index (χ2n) is 10.8. The molecule has 0 saturated heterocycles. The Morgan fingerprint density at radius 2 is 1.72 bits per heavy atom. The average Bonchev–Trinajstić information content (AvgIpc) is 2.82. The summed E-state index contributed by atoms with van der Waals surface area (Å²) in [6.07, 6.45) is 12.1. The highest BCUT2D eigenvalue weighted by Gasteiger charge is 2.58. The molecule has 0 aromatic heterocycles. The fourth-order valence-corrected chi connectivity index (χ4v) is 7.00. The summed E-state index contributed by atoms with van der Waals surface area (Å²) < 4.78 is 6.32. The van der Waals surface area contributed by atoms with E-state index < -0.39 is 0 Å². The van der Waals surface area contributed by atoms with Crippen LogP contribution in [-0.4, -0.2) is 17.5 Å². The van der Waals surface area contributed by atoms with E-state index in [0.717, 1.165) is 37.5 Å². The van der Waals surface area contributed by atoms with E-state index >= 15 is 0 Å². The maximum Gasteiger partial charge on any atom is 0.139 e. The normalized spacial score (nSPS) is 46.9. The highest BCUT2D eigenvalue weighted by atomic mass is 16.5. The van der Waals surface area contributed by atoms with Crippen molar-refractivity contribution in [2.24, 2.45) is 28.6 Å². The first-order valence-electron chi connectivity index (χ1n) is 10.5. The van der Waals surface area contributed by atoms with Gasteiger partial charge in [-0.05, 0) is 88.9 Å². The topological polar surface area (TPSA) is 26.3 Å². The maximum absolute atomic E-state index is 12.5. The van der Waals surface area contributed by atoms with Gasteiger partial charge in [0.25, 0.3) is 0 Å². The summed E-state index contributed by atoms with van der Waals surface area (Å²) in [5.41, 5.74) is 1.97. The van der Waals surface area contributed by atoms with Crippen LogP contribution in [0, 0.1) is 28.6 Å². The molecule has 0 heterocycles. The van der Waals surface area contributed by atoms with Gasteiger partial charge in [-0.3, -0.25) is 4.79 Å². The molecule has 2 heteroatoms. The number of fused-ring (bicyclic) bond motifs is 5. The lowest BCUT2D eigenvalue weighted by atomic mass is 9.48. The Bertz CT molecular complexity index is 598. The zero-order valence-corrected chi connectivity index (χ0v) is 16.9. The SMILES string of the molecule is CC(C)(C)O[C@H]1CC[C@@]2(C)C(=CC[C@H]3[C@H]2CC[C@]2(C)C(=O)CC[C@@H]32)C1. The zero-order valence-electron chi connectivity index (χ0n) is 16.9. The van der Waals surface area contributed by atoms with Gasteiger partial charge in [0, 0.05) is 11.8 Å². The third-order valence-electron chi connectivity index (χ3n) is 8.29. The molecule has 0 bridgehead atoms. The summed E-state index contributed by atoms with van der Waals surface area (Å²) in [5.74, 6) is 2.71. The Kier molecular flexibility index (Phi) is 4.04. The van der Waals surface area contributed by atoms with Crippen LogP contribution in [0.1, 0.15) is 86.0 Å². The lowest BCUT2D eigenvalue weighted by Crippen LogP contribution is -2.50. The minimum atomic E-state index is -0.0486. The van der Waals surface area contributed by atoms with Crippen molar-refractivity contribution in [1.82, 2.24) is 0 Å². The Hall–Kier alpha value is -0.630. The Balaban J connectivity index is 1.57. The highest BCUT2D eigenvalue weighted by molar-refractivity contribution is 5.87. The van der Waals surface area contributed by atoms with Crippen LogP contribution < -0.4 is 0 Å². The van der Waals surface area contributed by atoms with Crippen LogP contribution >= 0.6 is 0 Å². The minimum absolute atomic E-state index is 0.00455. The van der Waals surface area contributed by atoms with Gasteiger partial charge in [0.05, 0.1) is 11.7 Å². The molecular formula is C23H36O2. The molecule has 4 aliphatic carbocycles. The Morgan fingerprint density at radius 3 is 2.44 bits per heavy atom. The zero-order chi connectivity index (χ0) is 18.0. The molecule has 140 valence electrons. The van der Waals surface area contributed by atoms with Crippen molar-refractivity contribution in [3.63, 3.8) is 0 Å². The van der Waals surface area contributed by atoms with E-state index in [-0.39, 0.29) is 11.0 Å². The van der Waals surface area contributed by atoms with Gasteiger partial charge in [-0.1, -0.05) is 25.5 Å². The second kappa shape index (κ2) is 5.68. The number of rotatable bonds is 1. The van der Waals surface area contributed by atoms with Crippen molar-refractivity contribution >= 4 is 5.78 Å². The molecule has 0 unspecified atom stereocenters. The molecule has 0 N–H and O–H groups in total. The van der Waals surface area contributed by atoms with Crippen molar-refractivity contribution in [3.05, 3.63) is 11.6 Å². The van der Waals surface area contributed by atoms with Gasteiger partial charge < -0.3 is 4.74 Å². The molecule has 4 rings (SSSR count). The molecule has 0 amide bonds. The molecule has 0 aliphatic heterocycles. The fourth-order valence-electron chi connectivity index (χ4n) is 7.00. The van der Waals surface area contributed by atoms with E-state index in [4.69, 9.17) is 4.74 Å². The quantitative estimate of drug-likeness (QED) is 0.570. The van der Waals surface area contributed by atoms with Crippen LogP contribution in [0.15, 0.2) is 11.6 Å². The number of carbonyl (C=O) groups excluding carboxylic acids is 1. The van der Waals surface area contributed by atoms with Gasteiger partial charge in [0.15, 0.2) is 0 Å². The van der Waals surface area contributed by atoms with Gasteiger partial charge in [0.2, 0.25) is 0 Å². The van der Waals surface area contributed by atoms with Crippen molar-refractivity contribution in [2.45, 2.75) is 97.7 Å². The van der Waals surface area contributed by atoms with Crippen molar-refractivity contribution in [3.8, 4) is 0 Å². The third-order valence-corrected chi connectivity index (χ3v) is 8.29. The molecule has 0 aromatic rings. The highest BCUT2D eigenvalue weighted by Crippen LogP contribution is 2.64. The Morgan fingerprint density at radius 1 is 1.04 bits per heavy atom. The number of ketones is 1. The molecule has 3 saturated carbocycles. The van der Waals surface area contributed by atoms with Gasteiger partial charge in [-0.2, -0.15) is 0 Å². The second-order valence-corrected chi connectivity index (χ2v) is 10.8. The number of allylic oxidation sites excluding steroid dienone is 1. The molecule has 2 nitrogen and oxygen atoms in total. The molecule has 3 fully saturated rings. The van der Waals surface area contributed by atoms with Gasteiger partial charge in [-0.15, -0.1) is 0 Å². The number of hydrogen-bond donors (Lipinski definition) is 0. The predicted octanol–water partition coefficient (Wildman–Crippen LogP) is 5.70. The maximum atomic E-state index is 12.5. The third kappa shape index (κ3) is 2.74. The van der Waals surface area contributed by atoms with Crippen LogP contribution in [0.5, 0.6) is 0 Å². The standard InChI is InChI=1S/C23H36O2/c1-21(2,3)25-16-10-12-22(4)15(14-16)6-7-17-18-8-9-20(24)23(18,5)13-11-19(17)22/h6,16-19H,7-14H2,1-5H3/t16-,17+,18-,19+,22-,23-/m0/s1. The van der Waals surface area contributed by atoms with E-state index in [2.05, 4.69) is 40.7 Å². The molecular weight excluding hydrogens is 308 g/mol. The van der Waals surface area contributed by atoms with Crippen LogP contribution in [-0.2, 0) is 9.53 Å². The van der Waals surface area contributed by atoms with Crippen molar-refractivity contribution in [1.29, 1.82) is 0 Å². The molecule has 0 spiro atoms. The summed E-state index contributed by atoms with van der Waals surface area (Å²) in [6, 6.07) is 0.